The van der Waals surface area contributed by atoms with Gasteiger partial charge in [0.1, 0.15) is 11.4 Å². The summed E-state index contributed by atoms with van der Waals surface area (Å²) in [6, 6.07) is 16.0. The van der Waals surface area contributed by atoms with Crippen LogP contribution in [0.15, 0.2) is 59.0 Å². The third kappa shape index (κ3) is 3.89. The molecule has 1 aromatic heterocycles. The van der Waals surface area contributed by atoms with Crippen LogP contribution < -0.4 is 0 Å². The molecule has 2 aromatic carbocycles. The van der Waals surface area contributed by atoms with Crippen molar-refractivity contribution in [3.05, 3.63) is 71.7 Å². The number of hydrogen-bond acceptors (Lipinski definition) is 3. The van der Waals surface area contributed by atoms with Gasteiger partial charge in [0.15, 0.2) is 5.76 Å². The van der Waals surface area contributed by atoms with Crippen molar-refractivity contribution in [1.29, 1.82) is 0 Å². The minimum Gasteiger partial charge on any atom is -0.451 e. The Morgan fingerprint density at radius 1 is 1.00 bits per heavy atom. The average Bonchev–Trinajstić information content (AvgIpc) is 3.08. The Kier molecular flexibility index (Phi) is 5.59. The van der Waals surface area contributed by atoms with Crippen molar-refractivity contribution in [2.45, 2.75) is 6.54 Å². The van der Waals surface area contributed by atoms with Crippen LogP contribution in [-0.4, -0.2) is 41.9 Å². The number of nitrogens with zero attached hydrogens (tertiary/aromatic N) is 2. The van der Waals surface area contributed by atoms with Crippen molar-refractivity contribution < 1.29 is 13.6 Å². The minimum atomic E-state index is -0.218. The zero-order valence-corrected chi connectivity index (χ0v) is 15.0. The number of para-hydroxylation sites is 1. The number of amides is 1. The molecule has 0 radical (unpaired) electrons. The third-order valence-electron chi connectivity index (χ3n) is 4.62. The molecule has 0 N–H and O–H groups in total. The molecule has 1 fully saturated rings. The fraction of sp³-hybridized carbons (Fsp3) is 0.250. The quantitative estimate of drug-likeness (QED) is 0.696. The first-order valence-corrected chi connectivity index (χ1v) is 8.44. The zero-order valence-electron chi connectivity index (χ0n) is 14.2. The van der Waals surface area contributed by atoms with Gasteiger partial charge in [-0.2, -0.15) is 0 Å². The maximum absolute atomic E-state index is 13.0. The number of halogens is 2. The van der Waals surface area contributed by atoms with E-state index >= 15 is 0 Å². The van der Waals surface area contributed by atoms with Crippen LogP contribution in [0.3, 0.4) is 0 Å². The van der Waals surface area contributed by atoms with Gasteiger partial charge in [-0.05, 0) is 29.8 Å². The molecule has 4 rings (SSSR count). The lowest BCUT2D eigenvalue weighted by Crippen LogP contribution is -2.48. The molecular formula is C20H20ClFN2O2. The summed E-state index contributed by atoms with van der Waals surface area (Å²) in [5.41, 5.74) is 1.82. The Morgan fingerprint density at radius 3 is 2.38 bits per heavy atom. The number of rotatable bonds is 3. The second-order valence-corrected chi connectivity index (χ2v) is 6.34. The van der Waals surface area contributed by atoms with Gasteiger partial charge >= 0.3 is 0 Å². The summed E-state index contributed by atoms with van der Waals surface area (Å²) in [6.07, 6.45) is 0. The number of carbonyl (C=O) groups excluding carboxylic acids is 1. The summed E-state index contributed by atoms with van der Waals surface area (Å²) in [5.74, 6) is 0.121. The van der Waals surface area contributed by atoms with Gasteiger partial charge in [0.05, 0.1) is 0 Å². The van der Waals surface area contributed by atoms with Gasteiger partial charge in [-0.25, -0.2) is 4.39 Å². The second kappa shape index (κ2) is 7.89. The Balaban J connectivity index is 0.00000196. The molecule has 0 saturated carbocycles. The van der Waals surface area contributed by atoms with Crippen LogP contribution in [0, 0.1) is 5.82 Å². The van der Waals surface area contributed by atoms with Crippen molar-refractivity contribution in [2.75, 3.05) is 26.2 Å². The summed E-state index contributed by atoms with van der Waals surface area (Å²) in [4.78, 5) is 16.7. The summed E-state index contributed by atoms with van der Waals surface area (Å²) < 4.78 is 18.7. The van der Waals surface area contributed by atoms with Gasteiger partial charge < -0.3 is 9.32 Å². The average molecular weight is 375 g/mol. The van der Waals surface area contributed by atoms with Crippen molar-refractivity contribution in [1.82, 2.24) is 9.80 Å². The number of hydrogen-bond donors (Lipinski definition) is 0. The van der Waals surface area contributed by atoms with Crippen LogP contribution in [0.2, 0.25) is 0 Å². The van der Waals surface area contributed by atoms with Gasteiger partial charge in [-0.15, -0.1) is 12.4 Å². The van der Waals surface area contributed by atoms with Gasteiger partial charge in [-0.3, -0.25) is 9.69 Å². The van der Waals surface area contributed by atoms with E-state index in [1.807, 2.05) is 35.2 Å². The fourth-order valence-corrected chi connectivity index (χ4v) is 3.20. The lowest BCUT2D eigenvalue weighted by molar-refractivity contribution is 0.0600. The fourth-order valence-electron chi connectivity index (χ4n) is 3.20. The first kappa shape index (κ1) is 18.4. The third-order valence-corrected chi connectivity index (χ3v) is 4.62. The van der Waals surface area contributed by atoms with E-state index in [0.29, 0.717) is 18.8 Å². The molecular weight excluding hydrogens is 355 g/mol. The molecule has 1 amide bonds. The van der Waals surface area contributed by atoms with Crippen molar-refractivity contribution in [3.63, 3.8) is 0 Å². The number of benzene rings is 2. The highest BCUT2D eigenvalue weighted by Crippen LogP contribution is 2.21. The molecule has 0 atom stereocenters. The van der Waals surface area contributed by atoms with Crippen LogP contribution in [0.5, 0.6) is 0 Å². The van der Waals surface area contributed by atoms with E-state index < -0.39 is 0 Å². The van der Waals surface area contributed by atoms with Crippen LogP contribution in [-0.2, 0) is 6.54 Å². The van der Waals surface area contributed by atoms with Crippen molar-refractivity contribution >= 4 is 29.3 Å². The standard InChI is InChI=1S/C20H19FN2O2.ClH/c21-17-7-5-15(6-8-17)14-22-9-11-23(12-10-22)20(24)19-13-16-3-1-2-4-18(16)25-19;/h1-8,13H,9-12,14H2;1H. The molecule has 0 spiro atoms. The van der Waals surface area contributed by atoms with Crippen LogP contribution in [0.25, 0.3) is 11.0 Å². The van der Waals surface area contributed by atoms with E-state index in [4.69, 9.17) is 4.42 Å². The highest BCUT2D eigenvalue weighted by Gasteiger charge is 2.24. The predicted molar refractivity (Wildman–Crippen MR) is 101 cm³/mol. The van der Waals surface area contributed by atoms with Gasteiger partial charge in [0, 0.05) is 38.1 Å². The number of furan rings is 1. The highest BCUT2D eigenvalue weighted by atomic mass is 35.5. The molecule has 1 aliphatic heterocycles. The summed E-state index contributed by atoms with van der Waals surface area (Å²) >= 11 is 0. The molecule has 26 heavy (non-hydrogen) atoms. The lowest BCUT2D eigenvalue weighted by Gasteiger charge is -2.34. The van der Waals surface area contributed by atoms with E-state index in [0.717, 1.165) is 36.2 Å². The van der Waals surface area contributed by atoms with Crippen LogP contribution >= 0.6 is 12.4 Å². The number of piperazine rings is 1. The molecule has 1 saturated heterocycles. The lowest BCUT2D eigenvalue weighted by atomic mass is 10.2. The highest BCUT2D eigenvalue weighted by molar-refractivity contribution is 5.96. The number of fused-ring (bicyclic) bond motifs is 1. The van der Waals surface area contributed by atoms with Crippen molar-refractivity contribution in [2.24, 2.45) is 0 Å². The van der Waals surface area contributed by atoms with Crippen LogP contribution in [0.1, 0.15) is 16.1 Å². The molecule has 3 aromatic rings. The Hall–Kier alpha value is -2.37. The van der Waals surface area contributed by atoms with Crippen LogP contribution in [0.4, 0.5) is 4.39 Å². The van der Waals surface area contributed by atoms with E-state index in [9.17, 15) is 9.18 Å². The van der Waals surface area contributed by atoms with Gasteiger partial charge in [0.25, 0.3) is 5.91 Å². The monoisotopic (exact) mass is 374 g/mol. The van der Waals surface area contributed by atoms with Crippen molar-refractivity contribution in [3.8, 4) is 0 Å². The zero-order chi connectivity index (χ0) is 17.2. The van der Waals surface area contributed by atoms with Gasteiger partial charge in [0.2, 0.25) is 0 Å². The SMILES string of the molecule is Cl.O=C(c1cc2ccccc2o1)N1CCN(Cc2ccc(F)cc2)CC1. The minimum absolute atomic E-state index is 0. The summed E-state index contributed by atoms with van der Waals surface area (Å²) in [7, 11) is 0. The molecule has 0 unspecified atom stereocenters. The molecule has 136 valence electrons. The molecule has 2 heterocycles. The molecule has 6 heteroatoms. The predicted octanol–water partition coefficient (Wildman–Crippen LogP) is 3.95. The largest absolute Gasteiger partial charge is 0.451 e. The van der Waals surface area contributed by atoms with E-state index in [-0.39, 0.29) is 24.1 Å². The summed E-state index contributed by atoms with van der Waals surface area (Å²) in [5, 5.41) is 0.945. The Labute approximate surface area is 157 Å². The molecule has 4 nitrogen and oxygen atoms in total. The van der Waals surface area contributed by atoms with E-state index in [1.165, 1.54) is 12.1 Å². The molecule has 1 aliphatic rings. The molecule has 0 bridgehead atoms. The second-order valence-electron chi connectivity index (χ2n) is 6.34. The maximum Gasteiger partial charge on any atom is 0.289 e. The normalized spacial score (nSPS) is 15.0. The maximum atomic E-state index is 13.0. The Bertz CT molecular complexity index is 853. The topological polar surface area (TPSA) is 36.7 Å². The number of carbonyl (C=O) groups is 1. The smallest absolute Gasteiger partial charge is 0.289 e. The van der Waals surface area contributed by atoms with E-state index in [2.05, 4.69) is 4.90 Å². The van der Waals surface area contributed by atoms with Gasteiger partial charge in [-0.1, -0.05) is 30.3 Å². The Morgan fingerprint density at radius 2 is 1.69 bits per heavy atom. The first-order valence-electron chi connectivity index (χ1n) is 8.44. The first-order chi connectivity index (χ1) is 12.2. The molecule has 0 aliphatic carbocycles. The van der Waals surface area contributed by atoms with E-state index in [1.54, 1.807) is 12.1 Å². The summed E-state index contributed by atoms with van der Waals surface area (Å²) in [6.45, 7) is 3.69.